The number of pyridine rings is 1. The Kier molecular flexibility index (Phi) is 5.72. The maximum atomic E-state index is 14.8. The van der Waals surface area contributed by atoms with Crippen molar-refractivity contribution in [1.29, 1.82) is 0 Å². The third-order valence-corrected chi connectivity index (χ3v) is 7.46. The Morgan fingerprint density at radius 2 is 1.95 bits per heavy atom. The van der Waals surface area contributed by atoms with Crippen LogP contribution in [0.4, 0.5) is 26.2 Å². The fourth-order valence-electron chi connectivity index (χ4n) is 5.47. The quantitative estimate of drug-likeness (QED) is 0.402. The maximum absolute atomic E-state index is 14.8. The molecule has 2 aliphatic rings. The van der Waals surface area contributed by atoms with Crippen LogP contribution in [0.2, 0.25) is 0 Å². The molecule has 6 rings (SSSR count). The van der Waals surface area contributed by atoms with Gasteiger partial charge in [0.25, 0.3) is 0 Å². The van der Waals surface area contributed by atoms with Crippen molar-refractivity contribution in [2.45, 2.75) is 31.7 Å². The Balaban J connectivity index is 1.40. The van der Waals surface area contributed by atoms with E-state index in [1.165, 1.54) is 71.1 Å². The summed E-state index contributed by atoms with van der Waals surface area (Å²) in [5.41, 5.74) is 5.35. The second-order valence-electron chi connectivity index (χ2n) is 10.1. The van der Waals surface area contributed by atoms with Crippen LogP contribution in [0.15, 0.2) is 41.0 Å². The number of rotatable bonds is 4. The number of aryl methyl sites for hydroxylation is 1. The van der Waals surface area contributed by atoms with Gasteiger partial charge in [-0.3, -0.25) is 4.57 Å². The highest BCUT2D eigenvalue weighted by Crippen LogP contribution is 2.40. The summed E-state index contributed by atoms with van der Waals surface area (Å²) >= 11 is 0. The molecule has 8 nitrogen and oxygen atoms in total. The van der Waals surface area contributed by atoms with Gasteiger partial charge in [0.2, 0.25) is 5.95 Å². The second kappa shape index (κ2) is 8.84. The first kappa shape index (κ1) is 23.9. The zero-order valence-electron chi connectivity index (χ0n) is 20.8. The van der Waals surface area contributed by atoms with Crippen molar-refractivity contribution in [3.63, 3.8) is 0 Å². The molecule has 192 valence electrons. The molecule has 37 heavy (non-hydrogen) atoms. The van der Waals surface area contributed by atoms with Gasteiger partial charge in [-0.05, 0) is 73.2 Å². The topological polar surface area (TPSA) is 88.3 Å². The molecule has 4 heterocycles. The van der Waals surface area contributed by atoms with Crippen LogP contribution in [-0.2, 0) is 22.7 Å². The molecule has 1 unspecified atom stereocenters. The molecular formula is C26H27F2N7OS. The minimum absolute atomic E-state index is 0.203. The molecular weight excluding hydrogens is 496 g/mol. The smallest absolute Gasteiger partial charge is 0.229 e. The van der Waals surface area contributed by atoms with Crippen molar-refractivity contribution in [1.82, 2.24) is 24.4 Å². The van der Waals surface area contributed by atoms with Crippen molar-refractivity contribution in [2.24, 2.45) is 4.36 Å². The van der Waals surface area contributed by atoms with Crippen LogP contribution in [-0.4, -0.2) is 54.7 Å². The maximum Gasteiger partial charge on any atom is 0.229 e. The molecule has 1 aromatic carbocycles. The lowest BCUT2D eigenvalue weighted by molar-refractivity contribution is 0.266. The van der Waals surface area contributed by atoms with Gasteiger partial charge in [-0.1, -0.05) is 0 Å². The van der Waals surface area contributed by atoms with E-state index in [2.05, 4.69) is 48.7 Å². The summed E-state index contributed by atoms with van der Waals surface area (Å²) in [6.45, 7) is 1.99. The first-order valence-corrected chi connectivity index (χ1v) is 14.5. The summed E-state index contributed by atoms with van der Waals surface area (Å²) in [6, 6.07) is 6.89. The van der Waals surface area contributed by atoms with E-state index in [1.54, 1.807) is 0 Å². The summed E-state index contributed by atoms with van der Waals surface area (Å²) in [5.74, 6) is -0.443. The molecule has 1 N–H and O–H groups in total. The third-order valence-electron chi connectivity index (χ3n) is 6.85. The number of halogens is 2. The van der Waals surface area contributed by atoms with Crippen molar-refractivity contribution >= 4 is 38.2 Å². The third kappa shape index (κ3) is 4.57. The summed E-state index contributed by atoms with van der Waals surface area (Å²) < 4.78 is 46.4. The van der Waals surface area contributed by atoms with Gasteiger partial charge in [-0.25, -0.2) is 23.0 Å². The monoisotopic (exact) mass is 523 g/mol. The highest BCUT2D eigenvalue weighted by atomic mass is 32.2. The minimum atomic E-state index is -2.64. The van der Waals surface area contributed by atoms with E-state index in [0.717, 1.165) is 25.2 Å². The molecule has 3 aromatic heterocycles. The molecule has 0 spiro atoms. The van der Waals surface area contributed by atoms with Crippen LogP contribution >= 0.6 is 0 Å². The summed E-state index contributed by atoms with van der Waals surface area (Å²) in [4.78, 5) is 15.5. The number of anilines is 2. The molecule has 0 radical (unpaired) electrons. The summed E-state index contributed by atoms with van der Waals surface area (Å²) in [5, 5.41) is 3.50. The Morgan fingerprint density at radius 3 is 2.76 bits per heavy atom. The first-order chi connectivity index (χ1) is 17.6. The van der Waals surface area contributed by atoms with Gasteiger partial charge in [-0.15, -0.1) is 0 Å². The fourth-order valence-corrected chi connectivity index (χ4v) is 6.02. The zero-order valence-corrected chi connectivity index (χ0v) is 21.6. The van der Waals surface area contributed by atoms with Crippen LogP contribution in [0, 0.1) is 11.6 Å². The van der Waals surface area contributed by atoms with E-state index in [-0.39, 0.29) is 22.7 Å². The number of hydrogen-bond acceptors (Lipinski definition) is 7. The minimum Gasteiger partial charge on any atom is -0.324 e. The average Bonchev–Trinajstić information content (AvgIpc) is 3.15. The second-order valence-corrected chi connectivity index (χ2v) is 12.7. The van der Waals surface area contributed by atoms with E-state index < -0.39 is 21.4 Å². The lowest BCUT2D eigenvalue weighted by Gasteiger charge is -2.37. The van der Waals surface area contributed by atoms with Crippen LogP contribution in [0.1, 0.15) is 35.4 Å². The molecule has 0 fully saturated rings. The Labute approximate surface area is 213 Å². The van der Waals surface area contributed by atoms with Gasteiger partial charge in [-0.2, -0.15) is 9.35 Å². The molecule has 0 saturated carbocycles. The van der Waals surface area contributed by atoms with Crippen LogP contribution in [0.25, 0.3) is 16.9 Å². The molecule has 1 aliphatic heterocycles. The normalized spacial score (nSPS) is 17.6. The molecule has 0 saturated heterocycles. The lowest BCUT2D eigenvalue weighted by Crippen LogP contribution is -2.33. The standard InChI is InChI=1S/C26H27F2N7OS/c1-34-12-16-6-4-5-15-9-18(10-17(13-34)23(15)16)30-26-29-11-19-21(28)14-35(25(19)32-26)22-8-7-20(27)24(31-22)33-37(2,3)36/h7-11,14,16H,4-6,12-13H2,1-3H3,(H,29,30,32). The van der Waals surface area contributed by atoms with Crippen molar-refractivity contribution in [2.75, 3.05) is 31.4 Å². The van der Waals surface area contributed by atoms with Gasteiger partial charge in [0.05, 0.1) is 5.39 Å². The number of aromatic nitrogens is 4. The van der Waals surface area contributed by atoms with E-state index in [9.17, 15) is 13.0 Å². The number of likely N-dealkylation sites (N-methyl/N-ethyl adjacent to an activating group) is 1. The first-order valence-electron chi connectivity index (χ1n) is 12.1. The van der Waals surface area contributed by atoms with Gasteiger partial charge in [0.1, 0.15) is 5.82 Å². The molecule has 11 heteroatoms. The summed E-state index contributed by atoms with van der Waals surface area (Å²) in [6.07, 6.45) is 8.88. The Hall–Kier alpha value is -3.44. The highest BCUT2D eigenvalue weighted by molar-refractivity contribution is 7.92. The molecule has 1 atom stereocenters. The summed E-state index contributed by atoms with van der Waals surface area (Å²) in [7, 11) is -0.491. The van der Waals surface area contributed by atoms with Crippen molar-refractivity contribution in [3.05, 3.63) is 65.0 Å². The number of benzene rings is 1. The average molecular weight is 524 g/mol. The SMILES string of the molecule is CN1Cc2cc(Nc3ncc4c(F)cn(-c5ccc(F)c(N=S(C)(C)=O)n5)c4n3)cc3c2C(CCC3)C1. The predicted octanol–water partition coefficient (Wildman–Crippen LogP) is 5.06. The van der Waals surface area contributed by atoms with E-state index in [1.807, 2.05) is 0 Å². The van der Waals surface area contributed by atoms with E-state index in [4.69, 9.17) is 0 Å². The van der Waals surface area contributed by atoms with Crippen LogP contribution < -0.4 is 5.32 Å². The predicted molar refractivity (Wildman–Crippen MR) is 140 cm³/mol. The van der Waals surface area contributed by atoms with Crippen LogP contribution in [0.5, 0.6) is 0 Å². The molecule has 1 aliphatic carbocycles. The molecule has 4 aromatic rings. The van der Waals surface area contributed by atoms with Crippen molar-refractivity contribution in [3.8, 4) is 5.82 Å². The largest absolute Gasteiger partial charge is 0.324 e. The number of fused-ring (bicyclic) bond motifs is 1. The Morgan fingerprint density at radius 1 is 1.14 bits per heavy atom. The fraction of sp³-hybridized carbons (Fsp3) is 0.346. The van der Waals surface area contributed by atoms with E-state index in [0.29, 0.717) is 11.9 Å². The number of hydrogen-bond donors (Lipinski definition) is 1. The number of nitrogens with one attached hydrogen (secondary N) is 1. The van der Waals surface area contributed by atoms with Gasteiger partial charge >= 0.3 is 0 Å². The highest BCUT2D eigenvalue weighted by Gasteiger charge is 2.29. The molecule has 0 amide bonds. The number of nitrogens with zero attached hydrogens (tertiary/aromatic N) is 6. The van der Waals surface area contributed by atoms with Gasteiger partial charge in [0.15, 0.2) is 23.1 Å². The van der Waals surface area contributed by atoms with Gasteiger partial charge in [0, 0.05) is 53.4 Å². The zero-order chi connectivity index (χ0) is 25.9. The van der Waals surface area contributed by atoms with Gasteiger partial charge < -0.3 is 10.2 Å². The molecule has 0 bridgehead atoms. The van der Waals surface area contributed by atoms with Crippen LogP contribution in [0.3, 0.4) is 0 Å². The Bertz CT molecular complexity index is 1670. The van der Waals surface area contributed by atoms with E-state index >= 15 is 0 Å². The lowest BCUT2D eigenvalue weighted by atomic mass is 9.77. The van der Waals surface area contributed by atoms with Crippen molar-refractivity contribution < 1.29 is 13.0 Å².